The summed E-state index contributed by atoms with van der Waals surface area (Å²) in [6.45, 7) is 12.9. The van der Waals surface area contributed by atoms with Crippen molar-refractivity contribution in [2.75, 3.05) is 0 Å². The van der Waals surface area contributed by atoms with Crippen molar-refractivity contribution in [1.29, 1.82) is 0 Å². The van der Waals surface area contributed by atoms with E-state index in [1.807, 2.05) is 0 Å². The molecule has 0 rings (SSSR count). The topological polar surface area (TPSA) is 0 Å². The van der Waals surface area contributed by atoms with Crippen molar-refractivity contribution in [1.82, 2.24) is 0 Å². The Kier molecular flexibility index (Phi) is 2.52. The molecule has 0 aliphatic rings. The van der Waals surface area contributed by atoms with Gasteiger partial charge in [0.15, 0.2) is 0 Å². The molecular formula is C8H17-. The minimum atomic E-state index is 0.398. The van der Waals surface area contributed by atoms with Gasteiger partial charge < -0.3 is 6.92 Å². The van der Waals surface area contributed by atoms with Crippen LogP contribution >= 0.6 is 0 Å². The van der Waals surface area contributed by atoms with Gasteiger partial charge in [-0.3, -0.25) is 0 Å². The van der Waals surface area contributed by atoms with Crippen molar-refractivity contribution < 1.29 is 0 Å². The normalized spacial score (nSPS) is 16.1. The van der Waals surface area contributed by atoms with Gasteiger partial charge in [-0.1, -0.05) is 39.5 Å². The van der Waals surface area contributed by atoms with Gasteiger partial charge in [-0.05, 0) is 0 Å². The first-order chi connectivity index (χ1) is 3.48. The first-order valence-corrected chi connectivity index (χ1v) is 3.31. The zero-order valence-electron chi connectivity index (χ0n) is 6.49. The van der Waals surface area contributed by atoms with Crippen molar-refractivity contribution in [3.8, 4) is 0 Å². The Morgan fingerprint density at radius 2 is 1.75 bits per heavy atom. The van der Waals surface area contributed by atoms with Crippen molar-refractivity contribution in [3.63, 3.8) is 0 Å². The van der Waals surface area contributed by atoms with E-state index < -0.39 is 0 Å². The van der Waals surface area contributed by atoms with E-state index in [-0.39, 0.29) is 0 Å². The summed E-state index contributed by atoms with van der Waals surface area (Å²) in [7, 11) is 0. The molecule has 0 bridgehead atoms. The molecule has 1 atom stereocenters. The summed E-state index contributed by atoms with van der Waals surface area (Å²) in [6, 6.07) is 0. The molecule has 0 aromatic heterocycles. The first-order valence-electron chi connectivity index (χ1n) is 3.31. The zero-order valence-corrected chi connectivity index (χ0v) is 6.49. The van der Waals surface area contributed by atoms with Gasteiger partial charge in [0.2, 0.25) is 0 Å². The van der Waals surface area contributed by atoms with Crippen LogP contribution in [-0.2, 0) is 0 Å². The second kappa shape index (κ2) is 2.52. The summed E-state index contributed by atoms with van der Waals surface area (Å²) >= 11 is 0. The van der Waals surface area contributed by atoms with Crippen LogP contribution in [0.3, 0.4) is 0 Å². The Morgan fingerprint density at radius 1 is 1.38 bits per heavy atom. The van der Waals surface area contributed by atoms with Gasteiger partial charge in [-0.25, -0.2) is 0 Å². The minimum absolute atomic E-state index is 0.398. The molecule has 0 saturated heterocycles. The molecule has 0 aliphatic carbocycles. The molecule has 0 nitrogen and oxygen atoms in total. The van der Waals surface area contributed by atoms with E-state index in [1.165, 1.54) is 6.42 Å². The van der Waals surface area contributed by atoms with Gasteiger partial charge in [-0.2, -0.15) is 5.92 Å². The summed E-state index contributed by atoms with van der Waals surface area (Å²) in [4.78, 5) is 0. The molecule has 8 heavy (non-hydrogen) atoms. The second-order valence-corrected chi connectivity index (χ2v) is 3.47. The van der Waals surface area contributed by atoms with Crippen molar-refractivity contribution in [2.24, 2.45) is 11.3 Å². The minimum Gasteiger partial charge on any atom is -0.340 e. The van der Waals surface area contributed by atoms with Crippen LogP contribution in [0.5, 0.6) is 0 Å². The van der Waals surface area contributed by atoms with Crippen LogP contribution in [0.4, 0.5) is 0 Å². The molecule has 0 fully saturated rings. The Labute approximate surface area is 53.3 Å². The van der Waals surface area contributed by atoms with Gasteiger partial charge in [0, 0.05) is 0 Å². The van der Waals surface area contributed by atoms with E-state index in [1.54, 1.807) is 0 Å². The van der Waals surface area contributed by atoms with Gasteiger partial charge in [0.05, 0.1) is 0 Å². The Bertz CT molecular complexity index is 56.9. The molecule has 1 unspecified atom stereocenters. The summed E-state index contributed by atoms with van der Waals surface area (Å²) in [5, 5.41) is 0. The predicted octanol–water partition coefficient (Wildman–Crippen LogP) is 2.89. The number of rotatable bonds is 1. The average Bonchev–Trinajstić information content (AvgIpc) is 1.62. The van der Waals surface area contributed by atoms with Crippen LogP contribution < -0.4 is 0 Å². The van der Waals surface area contributed by atoms with Crippen LogP contribution in [-0.4, -0.2) is 0 Å². The Balaban J connectivity index is 3.62. The van der Waals surface area contributed by atoms with Crippen LogP contribution in [0.25, 0.3) is 0 Å². The van der Waals surface area contributed by atoms with E-state index in [0.29, 0.717) is 11.3 Å². The van der Waals surface area contributed by atoms with E-state index >= 15 is 0 Å². The molecule has 0 heterocycles. The maximum Gasteiger partial charge on any atom is -0.0624 e. The fourth-order valence-electron chi connectivity index (χ4n) is 0.612. The first kappa shape index (κ1) is 8.00. The zero-order chi connectivity index (χ0) is 6.78. The highest BCUT2D eigenvalue weighted by Gasteiger charge is 2.11. The number of hydrogen-bond donors (Lipinski definition) is 0. The predicted molar refractivity (Wildman–Crippen MR) is 38.6 cm³/mol. The molecule has 0 heteroatoms. The van der Waals surface area contributed by atoms with Crippen LogP contribution in [0.1, 0.15) is 34.1 Å². The molecular weight excluding hydrogens is 96.1 g/mol. The van der Waals surface area contributed by atoms with Gasteiger partial charge in [-0.15, -0.1) is 0 Å². The third-order valence-electron chi connectivity index (χ3n) is 1.72. The van der Waals surface area contributed by atoms with E-state index in [9.17, 15) is 0 Å². The molecule has 0 aromatic carbocycles. The van der Waals surface area contributed by atoms with Crippen molar-refractivity contribution >= 4 is 0 Å². The SMILES string of the molecule is [CH2-]C(CC)C(C)(C)C. The molecule has 0 aliphatic heterocycles. The van der Waals surface area contributed by atoms with Gasteiger partial charge in [0.1, 0.15) is 0 Å². The Hall–Kier alpha value is 0. The molecule has 0 spiro atoms. The quantitative estimate of drug-likeness (QED) is 0.459. The van der Waals surface area contributed by atoms with E-state index in [2.05, 4.69) is 34.6 Å². The molecule has 0 saturated carbocycles. The van der Waals surface area contributed by atoms with Crippen LogP contribution in [0.15, 0.2) is 0 Å². The maximum atomic E-state index is 4.03. The fraction of sp³-hybridized carbons (Fsp3) is 0.875. The van der Waals surface area contributed by atoms with Gasteiger partial charge in [0.25, 0.3) is 0 Å². The molecule has 0 N–H and O–H groups in total. The third kappa shape index (κ3) is 2.34. The summed E-state index contributed by atoms with van der Waals surface area (Å²) in [5.74, 6) is 0.600. The lowest BCUT2D eigenvalue weighted by molar-refractivity contribution is 0.283. The van der Waals surface area contributed by atoms with Crippen molar-refractivity contribution in [3.05, 3.63) is 6.92 Å². The highest BCUT2D eigenvalue weighted by molar-refractivity contribution is 4.73. The van der Waals surface area contributed by atoms with Crippen LogP contribution in [0, 0.1) is 18.3 Å². The van der Waals surface area contributed by atoms with E-state index in [0.717, 1.165) is 0 Å². The van der Waals surface area contributed by atoms with Crippen LogP contribution in [0.2, 0.25) is 0 Å². The average molecular weight is 113 g/mol. The lowest BCUT2D eigenvalue weighted by Gasteiger charge is -2.31. The molecule has 0 aromatic rings. The molecule has 0 radical (unpaired) electrons. The summed E-state index contributed by atoms with van der Waals surface area (Å²) in [5.41, 5.74) is 0.398. The van der Waals surface area contributed by atoms with Gasteiger partial charge >= 0.3 is 0 Å². The monoisotopic (exact) mass is 113 g/mol. The summed E-state index contributed by atoms with van der Waals surface area (Å²) in [6.07, 6.45) is 1.18. The largest absolute Gasteiger partial charge is 0.340 e. The summed E-state index contributed by atoms with van der Waals surface area (Å²) < 4.78 is 0. The smallest absolute Gasteiger partial charge is 0.0624 e. The highest BCUT2D eigenvalue weighted by Crippen LogP contribution is 2.26. The fourth-order valence-corrected chi connectivity index (χ4v) is 0.612. The second-order valence-electron chi connectivity index (χ2n) is 3.47. The highest BCUT2D eigenvalue weighted by atomic mass is 14.2. The molecule has 0 amide bonds. The Morgan fingerprint density at radius 3 is 1.75 bits per heavy atom. The van der Waals surface area contributed by atoms with Crippen molar-refractivity contribution in [2.45, 2.75) is 34.1 Å². The van der Waals surface area contributed by atoms with E-state index in [4.69, 9.17) is 0 Å². The standard InChI is InChI=1S/C8H17/c1-6-7(2)8(3,4)5/h7H,2,6H2,1,3-5H3/q-1. The number of hydrogen-bond acceptors (Lipinski definition) is 0. The molecule has 50 valence electrons. The third-order valence-corrected chi connectivity index (χ3v) is 1.72. The lowest BCUT2D eigenvalue weighted by Crippen LogP contribution is -2.16. The maximum absolute atomic E-state index is 4.03. The lowest BCUT2D eigenvalue weighted by atomic mass is 9.81.